The Morgan fingerprint density at radius 1 is 1.35 bits per heavy atom. The van der Waals surface area contributed by atoms with Gasteiger partial charge in [0, 0.05) is 13.1 Å². The Labute approximate surface area is 100 Å². The number of amides is 1. The number of carbonyl (C=O) groups is 1. The minimum Gasteiger partial charge on any atom is -0.363 e. The Morgan fingerprint density at radius 2 is 2.18 bits per heavy atom. The third kappa shape index (κ3) is 2.06. The Bertz CT molecular complexity index is 429. The lowest BCUT2D eigenvalue weighted by molar-refractivity contribution is -0.135. The molecule has 1 atom stereocenters. The minimum absolute atomic E-state index is 0.0105. The summed E-state index contributed by atoms with van der Waals surface area (Å²) < 4.78 is 5.60. The number of hydrogen-bond acceptors (Lipinski definition) is 3. The van der Waals surface area contributed by atoms with Gasteiger partial charge in [-0.05, 0) is 17.5 Å². The number of hydrogen-bond donors (Lipinski definition) is 2. The fourth-order valence-electron chi connectivity index (χ4n) is 2.28. The van der Waals surface area contributed by atoms with Crippen LogP contribution in [0.5, 0.6) is 0 Å². The zero-order chi connectivity index (χ0) is 11.7. The Kier molecular flexibility index (Phi) is 2.82. The van der Waals surface area contributed by atoms with Gasteiger partial charge in [-0.1, -0.05) is 24.3 Å². The molecule has 0 radical (unpaired) electrons. The van der Waals surface area contributed by atoms with E-state index in [4.69, 9.17) is 4.74 Å². The number of nitrogens with one attached hydrogen (secondary N) is 2. The number of carbonyl (C=O) groups excluding carboxylic acids is 1. The van der Waals surface area contributed by atoms with Gasteiger partial charge in [-0.3, -0.25) is 4.79 Å². The molecular formula is C13H16N2O2. The van der Waals surface area contributed by atoms with Crippen LogP contribution in [0.2, 0.25) is 0 Å². The molecule has 0 bridgehead atoms. The maximum atomic E-state index is 12.1. The molecule has 0 saturated carbocycles. The standard InChI is InChI=1S/C13H16N2O2/c16-13(15-10-7-14-8-10)12-11-4-2-1-3-9(11)5-6-17-12/h1-4,10,12,14H,5-8H2,(H,15,16). The van der Waals surface area contributed by atoms with Crippen molar-refractivity contribution in [1.29, 1.82) is 0 Å². The van der Waals surface area contributed by atoms with Crippen LogP contribution in [0.3, 0.4) is 0 Å². The molecule has 17 heavy (non-hydrogen) atoms. The Morgan fingerprint density at radius 3 is 2.94 bits per heavy atom. The lowest BCUT2D eigenvalue weighted by Gasteiger charge is -2.31. The second-order valence-corrected chi connectivity index (χ2v) is 4.56. The average Bonchev–Trinajstić information content (AvgIpc) is 2.33. The van der Waals surface area contributed by atoms with Gasteiger partial charge in [-0.25, -0.2) is 0 Å². The van der Waals surface area contributed by atoms with Gasteiger partial charge in [0.25, 0.3) is 5.91 Å². The van der Waals surface area contributed by atoms with Crippen molar-refractivity contribution in [1.82, 2.24) is 10.6 Å². The van der Waals surface area contributed by atoms with Gasteiger partial charge in [0.15, 0.2) is 6.10 Å². The van der Waals surface area contributed by atoms with Crippen molar-refractivity contribution in [2.24, 2.45) is 0 Å². The van der Waals surface area contributed by atoms with Crippen molar-refractivity contribution in [3.8, 4) is 0 Å². The fourth-order valence-corrected chi connectivity index (χ4v) is 2.28. The molecule has 2 aliphatic rings. The van der Waals surface area contributed by atoms with E-state index in [0.29, 0.717) is 6.61 Å². The summed E-state index contributed by atoms with van der Waals surface area (Å²) in [6.07, 6.45) is 0.464. The van der Waals surface area contributed by atoms with E-state index in [2.05, 4.69) is 16.7 Å². The maximum Gasteiger partial charge on any atom is 0.254 e. The van der Waals surface area contributed by atoms with Crippen LogP contribution >= 0.6 is 0 Å². The molecule has 2 aliphatic heterocycles. The smallest absolute Gasteiger partial charge is 0.254 e. The zero-order valence-electron chi connectivity index (χ0n) is 9.61. The Hall–Kier alpha value is -1.39. The molecule has 1 aromatic rings. The number of ether oxygens (including phenoxy) is 1. The van der Waals surface area contributed by atoms with Crippen molar-refractivity contribution in [3.05, 3.63) is 35.4 Å². The summed E-state index contributed by atoms with van der Waals surface area (Å²) in [6, 6.07) is 8.29. The molecule has 1 fully saturated rings. The molecular weight excluding hydrogens is 216 g/mol. The monoisotopic (exact) mass is 232 g/mol. The van der Waals surface area contributed by atoms with Crippen LogP contribution in [0.25, 0.3) is 0 Å². The van der Waals surface area contributed by atoms with E-state index in [-0.39, 0.29) is 11.9 Å². The van der Waals surface area contributed by atoms with Crippen molar-refractivity contribution in [2.45, 2.75) is 18.6 Å². The summed E-state index contributed by atoms with van der Waals surface area (Å²) >= 11 is 0. The summed E-state index contributed by atoms with van der Waals surface area (Å²) in [6.45, 7) is 2.35. The molecule has 1 aromatic carbocycles. The molecule has 2 heterocycles. The number of rotatable bonds is 2. The topological polar surface area (TPSA) is 50.4 Å². The summed E-state index contributed by atoms with van der Waals surface area (Å²) in [5.41, 5.74) is 2.24. The molecule has 0 spiro atoms. The van der Waals surface area contributed by atoms with Crippen LogP contribution in [-0.2, 0) is 16.0 Å². The SMILES string of the molecule is O=C(NC1CNC1)C1OCCc2ccccc21. The highest BCUT2D eigenvalue weighted by Crippen LogP contribution is 2.27. The van der Waals surface area contributed by atoms with E-state index >= 15 is 0 Å². The predicted molar refractivity (Wildman–Crippen MR) is 63.6 cm³/mol. The summed E-state index contributed by atoms with van der Waals surface area (Å²) in [4.78, 5) is 12.1. The summed E-state index contributed by atoms with van der Waals surface area (Å²) in [5, 5.41) is 6.13. The quantitative estimate of drug-likeness (QED) is 0.775. The van der Waals surface area contributed by atoms with Crippen LogP contribution in [0.15, 0.2) is 24.3 Å². The van der Waals surface area contributed by atoms with Crippen molar-refractivity contribution < 1.29 is 9.53 Å². The van der Waals surface area contributed by atoms with E-state index in [1.807, 2.05) is 18.2 Å². The third-order valence-corrected chi connectivity index (χ3v) is 3.36. The van der Waals surface area contributed by atoms with Crippen LogP contribution < -0.4 is 10.6 Å². The van der Waals surface area contributed by atoms with E-state index in [1.165, 1.54) is 5.56 Å². The molecule has 1 amide bonds. The first-order chi connectivity index (χ1) is 8.34. The van der Waals surface area contributed by atoms with Gasteiger partial charge in [0.1, 0.15) is 0 Å². The molecule has 0 aromatic heterocycles. The van der Waals surface area contributed by atoms with E-state index < -0.39 is 6.10 Å². The van der Waals surface area contributed by atoms with Crippen LogP contribution in [0.4, 0.5) is 0 Å². The van der Waals surface area contributed by atoms with Gasteiger partial charge in [0.2, 0.25) is 0 Å². The van der Waals surface area contributed by atoms with Crippen molar-refractivity contribution in [2.75, 3.05) is 19.7 Å². The minimum atomic E-state index is -0.430. The largest absolute Gasteiger partial charge is 0.363 e. The molecule has 0 aliphatic carbocycles. The first kappa shape index (κ1) is 10.7. The maximum absolute atomic E-state index is 12.1. The highest BCUT2D eigenvalue weighted by Gasteiger charge is 2.29. The van der Waals surface area contributed by atoms with Gasteiger partial charge < -0.3 is 15.4 Å². The lowest BCUT2D eigenvalue weighted by atomic mass is 9.97. The molecule has 1 saturated heterocycles. The first-order valence-electron chi connectivity index (χ1n) is 6.05. The zero-order valence-corrected chi connectivity index (χ0v) is 9.61. The van der Waals surface area contributed by atoms with Crippen LogP contribution in [-0.4, -0.2) is 31.6 Å². The normalized spacial score (nSPS) is 23.6. The van der Waals surface area contributed by atoms with E-state index in [9.17, 15) is 4.79 Å². The molecule has 3 rings (SSSR count). The van der Waals surface area contributed by atoms with Gasteiger partial charge >= 0.3 is 0 Å². The second-order valence-electron chi connectivity index (χ2n) is 4.56. The van der Waals surface area contributed by atoms with Gasteiger partial charge in [-0.2, -0.15) is 0 Å². The van der Waals surface area contributed by atoms with Crippen molar-refractivity contribution >= 4 is 5.91 Å². The van der Waals surface area contributed by atoms with Crippen LogP contribution in [0.1, 0.15) is 17.2 Å². The van der Waals surface area contributed by atoms with Gasteiger partial charge in [0.05, 0.1) is 12.6 Å². The molecule has 90 valence electrons. The van der Waals surface area contributed by atoms with Gasteiger partial charge in [-0.15, -0.1) is 0 Å². The predicted octanol–water partition coefficient (Wildman–Crippen LogP) is 0.388. The molecule has 4 heteroatoms. The second kappa shape index (κ2) is 4.47. The summed E-state index contributed by atoms with van der Waals surface area (Å²) in [5.74, 6) is -0.0105. The molecule has 2 N–H and O–H groups in total. The average molecular weight is 232 g/mol. The first-order valence-corrected chi connectivity index (χ1v) is 6.05. The number of fused-ring (bicyclic) bond motifs is 1. The molecule has 4 nitrogen and oxygen atoms in total. The van der Waals surface area contributed by atoms with Crippen molar-refractivity contribution in [3.63, 3.8) is 0 Å². The third-order valence-electron chi connectivity index (χ3n) is 3.36. The Balaban J connectivity index is 1.77. The highest BCUT2D eigenvalue weighted by atomic mass is 16.5. The van der Waals surface area contributed by atoms with E-state index in [1.54, 1.807) is 0 Å². The summed E-state index contributed by atoms with van der Waals surface area (Å²) in [7, 11) is 0. The fraction of sp³-hybridized carbons (Fsp3) is 0.462. The lowest BCUT2D eigenvalue weighted by Crippen LogP contribution is -2.58. The number of benzene rings is 1. The van der Waals surface area contributed by atoms with Crippen LogP contribution in [0, 0.1) is 0 Å². The van der Waals surface area contributed by atoms with E-state index in [0.717, 1.165) is 25.1 Å². The molecule has 1 unspecified atom stereocenters. The highest BCUT2D eigenvalue weighted by molar-refractivity contribution is 5.83.